The Morgan fingerprint density at radius 3 is 2.11 bits per heavy atom. The molecule has 0 saturated carbocycles. The van der Waals surface area contributed by atoms with Gasteiger partial charge in [-0.05, 0) is 76.9 Å². The second kappa shape index (κ2) is 9.45. The van der Waals surface area contributed by atoms with Crippen molar-refractivity contribution in [1.82, 2.24) is 14.3 Å². The molecule has 1 N–H and O–H groups in total. The third-order valence-electron chi connectivity index (χ3n) is 6.99. The van der Waals surface area contributed by atoms with E-state index in [2.05, 4.69) is 64.5 Å². The third-order valence-corrected chi connectivity index (χ3v) is 6.99. The highest BCUT2D eigenvalue weighted by atomic mass is 16.1. The SMILES string of the molecule is Cc1ccc(NC(=O)C2CCN(c3c(-n4c(C)ccc4C)c(C)nn3-c3ccccc3)CC2)cc1. The van der Waals surface area contributed by atoms with Crippen LogP contribution in [0.1, 0.15) is 35.5 Å². The Bertz CT molecular complexity index is 1310. The smallest absolute Gasteiger partial charge is 0.227 e. The molecular formula is C29H33N5O. The largest absolute Gasteiger partial charge is 0.355 e. The summed E-state index contributed by atoms with van der Waals surface area (Å²) in [5.41, 5.74) is 7.58. The van der Waals surface area contributed by atoms with Gasteiger partial charge < -0.3 is 14.8 Å². The van der Waals surface area contributed by atoms with Gasteiger partial charge >= 0.3 is 0 Å². The fourth-order valence-electron chi connectivity index (χ4n) is 5.06. The van der Waals surface area contributed by atoms with Crippen LogP contribution in [-0.2, 0) is 4.79 Å². The number of hydrogen-bond donors (Lipinski definition) is 1. The maximum Gasteiger partial charge on any atom is 0.227 e. The molecule has 35 heavy (non-hydrogen) atoms. The lowest BCUT2D eigenvalue weighted by Crippen LogP contribution is -2.39. The van der Waals surface area contributed by atoms with Crippen molar-refractivity contribution >= 4 is 17.4 Å². The summed E-state index contributed by atoms with van der Waals surface area (Å²) < 4.78 is 4.36. The van der Waals surface area contributed by atoms with Crippen LogP contribution in [-0.4, -0.2) is 33.3 Å². The Labute approximate surface area is 207 Å². The summed E-state index contributed by atoms with van der Waals surface area (Å²) >= 11 is 0. The number of piperidine rings is 1. The lowest BCUT2D eigenvalue weighted by Gasteiger charge is -2.34. The van der Waals surface area contributed by atoms with Crippen molar-refractivity contribution in [3.63, 3.8) is 0 Å². The number of rotatable bonds is 5. The van der Waals surface area contributed by atoms with Crippen molar-refractivity contribution in [2.24, 2.45) is 5.92 Å². The van der Waals surface area contributed by atoms with Crippen molar-refractivity contribution in [3.05, 3.63) is 89.4 Å². The Morgan fingerprint density at radius 1 is 0.857 bits per heavy atom. The van der Waals surface area contributed by atoms with Crippen LogP contribution in [0.2, 0.25) is 0 Å². The zero-order valence-electron chi connectivity index (χ0n) is 21.0. The van der Waals surface area contributed by atoms with Gasteiger partial charge in [-0.2, -0.15) is 5.10 Å². The van der Waals surface area contributed by atoms with Gasteiger partial charge in [0, 0.05) is 36.1 Å². The van der Waals surface area contributed by atoms with Gasteiger partial charge in [0.1, 0.15) is 5.69 Å². The van der Waals surface area contributed by atoms with E-state index < -0.39 is 0 Å². The number of carbonyl (C=O) groups excluding carboxylic acids is 1. The quantitative estimate of drug-likeness (QED) is 0.406. The third kappa shape index (κ3) is 4.48. The number of carbonyl (C=O) groups is 1. The fraction of sp³-hybridized carbons (Fsp3) is 0.310. The molecule has 6 heteroatoms. The van der Waals surface area contributed by atoms with Gasteiger partial charge in [0.05, 0.1) is 11.4 Å². The Hall–Kier alpha value is -3.80. The molecule has 1 aliphatic rings. The van der Waals surface area contributed by atoms with Crippen molar-refractivity contribution in [1.29, 1.82) is 0 Å². The maximum absolute atomic E-state index is 13.0. The molecule has 0 atom stereocenters. The highest BCUT2D eigenvalue weighted by molar-refractivity contribution is 5.92. The number of amides is 1. The molecule has 0 spiro atoms. The number of para-hydroxylation sites is 1. The molecule has 2 aromatic heterocycles. The van der Waals surface area contributed by atoms with E-state index in [0.717, 1.165) is 54.5 Å². The molecule has 1 saturated heterocycles. The topological polar surface area (TPSA) is 55.1 Å². The zero-order chi connectivity index (χ0) is 24.5. The number of aryl methyl sites for hydroxylation is 4. The minimum absolute atomic E-state index is 0.000229. The minimum Gasteiger partial charge on any atom is -0.355 e. The average molecular weight is 468 g/mol. The molecule has 6 nitrogen and oxygen atoms in total. The van der Waals surface area contributed by atoms with E-state index in [0.29, 0.717) is 0 Å². The van der Waals surface area contributed by atoms with Gasteiger partial charge in [-0.15, -0.1) is 0 Å². The van der Waals surface area contributed by atoms with Crippen molar-refractivity contribution in [2.75, 3.05) is 23.3 Å². The maximum atomic E-state index is 13.0. The molecule has 2 aromatic carbocycles. The number of anilines is 2. The van der Waals surface area contributed by atoms with Crippen LogP contribution in [0.5, 0.6) is 0 Å². The first-order valence-electron chi connectivity index (χ1n) is 12.3. The van der Waals surface area contributed by atoms with E-state index in [4.69, 9.17) is 5.10 Å². The molecular weight excluding hydrogens is 434 g/mol. The van der Waals surface area contributed by atoms with Crippen LogP contribution in [0.4, 0.5) is 11.5 Å². The number of hydrogen-bond acceptors (Lipinski definition) is 3. The molecule has 3 heterocycles. The van der Waals surface area contributed by atoms with Crippen molar-refractivity contribution < 1.29 is 4.79 Å². The second-order valence-corrected chi connectivity index (χ2v) is 9.57. The summed E-state index contributed by atoms with van der Waals surface area (Å²) in [6.07, 6.45) is 1.61. The predicted octanol–water partition coefficient (Wildman–Crippen LogP) is 5.75. The molecule has 0 bridgehead atoms. The van der Waals surface area contributed by atoms with E-state index >= 15 is 0 Å². The van der Waals surface area contributed by atoms with E-state index in [1.165, 1.54) is 17.0 Å². The number of benzene rings is 2. The molecule has 0 unspecified atom stereocenters. The predicted molar refractivity (Wildman–Crippen MR) is 142 cm³/mol. The van der Waals surface area contributed by atoms with E-state index in [1.807, 2.05) is 49.4 Å². The Balaban J connectivity index is 1.44. The highest BCUT2D eigenvalue weighted by Gasteiger charge is 2.30. The molecule has 0 aliphatic carbocycles. The van der Waals surface area contributed by atoms with Gasteiger partial charge in [0.2, 0.25) is 5.91 Å². The van der Waals surface area contributed by atoms with Gasteiger partial charge in [0.25, 0.3) is 0 Å². The number of nitrogens with one attached hydrogen (secondary N) is 1. The first-order chi connectivity index (χ1) is 16.9. The second-order valence-electron chi connectivity index (χ2n) is 9.57. The van der Waals surface area contributed by atoms with E-state index in [1.54, 1.807) is 0 Å². The van der Waals surface area contributed by atoms with Gasteiger partial charge in [-0.1, -0.05) is 35.9 Å². The molecule has 1 fully saturated rings. The van der Waals surface area contributed by atoms with E-state index in [9.17, 15) is 4.79 Å². The monoisotopic (exact) mass is 467 g/mol. The highest BCUT2D eigenvalue weighted by Crippen LogP contribution is 2.35. The molecule has 0 radical (unpaired) electrons. The van der Waals surface area contributed by atoms with E-state index in [-0.39, 0.29) is 11.8 Å². The van der Waals surface area contributed by atoms with Crippen molar-refractivity contribution in [2.45, 2.75) is 40.5 Å². The summed E-state index contributed by atoms with van der Waals surface area (Å²) in [7, 11) is 0. The minimum atomic E-state index is 0.000229. The van der Waals surface area contributed by atoms with Gasteiger partial charge in [-0.3, -0.25) is 4.79 Å². The Kier molecular flexibility index (Phi) is 6.20. The van der Waals surface area contributed by atoms with Crippen LogP contribution in [0.3, 0.4) is 0 Å². The fourth-order valence-corrected chi connectivity index (χ4v) is 5.06. The molecule has 5 rings (SSSR count). The van der Waals surface area contributed by atoms with Crippen LogP contribution in [0, 0.1) is 33.6 Å². The number of aromatic nitrogens is 3. The summed E-state index contributed by atoms with van der Waals surface area (Å²) in [5, 5.41) is 8.09. The van der Waals surface area contributed by atoms with Crippen molar-refractivity contribution in [3.8, 4) is 11.4 Å². The normalized spacial score (nSPS) is 14.3. The lowest BCUT2D eigenvalue weighted by molar-refractivity contribution is -0.120. The zero-order valence-corrected chi connectivity index (χ0v) is 21.0. The van der Waals surface area contributed by atoms with Crippen LogP contribution in [0.25, 0.3) is 11.4 Å². The van der Waals surface area contributed by atoms with Crippen LogP contribution < -0.4 is 10.2 Å². The standard InChI is InChI=1S/C29H33N5O/c1-20-10-14-25(15-11-20)30-28(35)24-16-18-32(19-17-24)29-27(33-21(2)12-13-22(33)3)23(4)31-34(29)26-8-6-5-7-9-26/h5-15,24H,16-19H2,1-4H3,(H,30,35). The summed E-state index contributed by atoms with van der Waals surface area (Å²) in [6.45, 7) is 10.0. The van der Waals surface area contributed by atoms with Crippen LogP contribution in [0.15, 0.2) is 66.7 Å². The number of nitrogens with zero attached hydrogens (tertiary/aromatic N) is 4. The summed E-state index contributed by atoms with van der Waals surface area (Å²) in [6, 6.07) is 22.6. The van der Waals surface area contributed by atoms with Crippen LogP contribution >= 0.6 is 0 Å². The molecule has 1 aliphatic heterocycles. The first kappa shape index (κ1) is 23.0. The Morgan fingerprint density at radius 2 is 1.49 bits per heavy atom. The summed E-state index contributed by atoms with van der Waals surface area (Å²) in [5.74, 6) is 1.20. The summed E-state index contributed by atoms with van der Waals surface area (Å²) in [4.78, 5) is 15.4. The molecule has 1 amide bonds. The average Bonchev–Trinajstić information content (AvgIpc) is 3.38. The van der Waals surface area contributed by atoms with Gasteiger partial charge in [-0.25, -0.2) is 4.68 Å². The molecule has 4 aromatic rings. The lowest BCUT2D eigenvalue weighted by atomic mass is 9.95. The first-order valence-corrected chi connectivity index (χ1v) is 12.3. The van der Waals surface area contributed by atoms with Gasteiger partial charge in [0.15, 0.2) is 5.82 Å². The molecule has 180 valence electrons.